The van der Waals surface area contributed by atoms with Gasteiger partial charge in [-0.2, -0.15) is 0 Å². The van der Waals surface area contributed by atoms with Gasteiger partial charge in [0.25, 0.3) is 0 Å². The molecule has 23 heavy (non-hydrogen) atoms. The summed E-state index contributed by atoms with van der Waals surface area (Å²) >= 11 is 0. The number of hydrogen-bond donors (Lipinski definition) is 0. The molecule has 2 aromatic carbocycles. The van der Waals surface area contributed by atoms with Gasteiger partial charge < -0.3 is 9.47 Å². The van der Waals surface area contributed by atoms with Crippen LogP contribution >= 0.6 is 0 Å². The lowest BCUT2D eigenvalue weighted by Crippen LogP contribution is -1.98. The van der Waals surface area contributed by atoms with Crippen LogP contribution < -0.4 is 9.47 Å². The van der Waals surface area contributed by atoms with Crippen molar-refractivity contribution >= 4 is 0 Å². The minimum Gasteiger partial charge on any atom is -0.494 e. The van der Waals surface area contributed by atoms with Crippen molar-refractivity contribution in [2.75, 3.05) is 6.61 Å². The minimum atomic E-state index is 0.592. The molecule has 0 amide bonds. The Labute approximate surface area is 140 Å². The molecule has 0 heterocycles. The normalized spacial score (nSPS) is 10.5. The molecule has 0 spiro atoms. The van der Waals surface area contributed by atoms with Crippen molar-refractivity contribution in [1.82, 2.24) is 0 Å². The second-order valence-corrected chi connectivity index (χ2v) is 5.72. The lowest BCUT2D eigenvalue weighted by molar-refractivity contribution is 0.297. The van der Waals surface area contributed by atoms with Crippen molar-refractivity contribution in [2.45, 2.75) is 45.1 Å². The van der Waals surface area contributed by atoms with E-state index in [9.17, 15) is 0 Å². The zero-order valence-corrected chi connectivity index (χ0v) is 13.9. The molecule has 0 saturated heterocycles. The van der Waals surface area contributed by atoms with E-state index in [4.69, 9.17) is 9.47 Å². The van der Waals surface area contributed by atoms with Gasteiger partial charge in [-0.15, -0.1) is 0 Å². The molecule has 0 fully saturated rings. The first-order valence-corrected chi connectivity index (χ1v) is 8.57. The van der Waals surface area contributed by atoms with Crippen molar-refractivity contribution in [3.8, 4) is 11.5 Å². The molecule has 1 radical (unpaired) electrons. The van der Waals surface area contributed by atoms with Crippen LogP contribution in [-0.2, 0) is 6.61 Å². The smallest absolute Gasteiger partial charge is 0.120 e. The van der Waals surface area contributed by atoms with Crippen LogP contribution in [0.4, 0.5) is 0 Å². The van der Waals surface area contributed by atoms with Crippen LogP contribution in [-0.4, -0.2) is 6.61 Å². The lowest BCUT2D eigenvalue weighted by atomic mass is 10.1. The van der Waals surface area contributed by atoms with Crippen LogP contribution in [0.5, 0.6) is 11.5 Å². The van der Waals surface area contributed by atoms with Crippen molar-refractivity contribution in [1.29, 1.82) is 0 Å². The maximum atomic E-state index is 5.77. The third kappa shape index (κ3) is 7.23. The molecule has 0 aromatic heterocycles. The Morgan fingerprint density at radius 2 is 1.26 bits per heavy atom. The number of unbranched alkanes of at least 4 members (excludes halogenated alkanes) is 5. The number of ether oxygens (including phenoxy) is 2. The van der Waals surface area contributed by atoms with Crippen molar-refractivity contribution < 1.29 is 9.47 Å². The molecule has 0 saturated carbocycles. The van der Waals surface area contributed by atoms with Gasteiger partial charge in [0.2, 0.25) is 0 Å². The molecule has 2 rings (SSSR count). The highest BCUT2D eigenvalue weighted by Crippen LogP contribution is 2.19. The highest BCUT2D eigenvalue weighted by Gasteiger charge is 1.98. The number of benzene rings is 2. The topological polar surface area (TPSA) is 18.5 Å². The Kier molecular flexibility index (Phi) is 8.10. The van der Waals surface area contributed by atoms with Crippen molar-refractivity contribution in [3.05, 3.63) is 67.1 Å². The largest absolute Gasteiger partial charge is 0.494 e. The molecule has 0 N–H and O–H groups in total. The Hall–Kier alpha value is -1.96. The first-order chi connectivity index (χ1) is 11.4. The van der Waals surface area contributed by atoms with E-state index in [0.717, 1.165) is 30.9 Å². The van der Waals surface area contributed by atoms with Gasteiger partial charge in [-0.25, -0.2) is 0 Å². The molecule has 0 aliphatic rings. The average Bonchev–Trinajstić information content (AvgIpc) is 2.61. The van der Waals surface area contributed by atoms with Crippen molar-refractivity contribution in [2.24, 2.45) is 0 Å². The molecule has 0 bridgehead atoms. The summed E-state index contributed by atoms with van der Waals surface area (Å²) < 4.78 is 11.5. The van der Waals surface area contributed by atoms with E-state index in [2.05, 4.69) is 19.1 Å². The molecule has 0 atom stereocenters. The molecular formula is C21H27O2. The van der Waals surface area contributed by atoms with Crippen LogP contribution in [0.1, 0.15) is 44.1 Å². The minimum absolute atomic E-state index is 0.592. The van der Waals surface area contributed by atoms with Crippen LogP contribution in [0.25, 0.3) is 0 Å². The van der Waals surface area contributed by atoms with Crippen LogP contribution in [0.15, 0.2) is 54.6 Å². The molecule has 0 unspecified atom stereocenters. The highest BCUT2D eigenvalue weighted by atomic mass is 16.5. The fourth-order valence-electron chi connectivity index (χ4n) is 2.37. The van der Waals surface area contributed by atoms with E-state index in [1.54, 1.807) is 0 Å². The predicted octanol–water partition coefficient (Wildman–Crippen LogP) is 5.82. The Bertz CT molecular complexity index is 519. The van der Waals surface area contributed by atoms with Gasteiger partial charge in [-0.05, 0) is 36.2 Å². The average molecular weight is 311 g/mol. The van der Waals surface area contributed by atoms with Gasteiger partial charge in [-0.1, -0.05) is 69.4 Å². The second kappa shape index (κ2) is 10.7. The molecule has 2 aromatic rings. The third-order valence-electron chi connectivity index (χ3n) is 3.74. The zero-order chi connectivity index (χ0) is 16.2. The summed E-state index contributed by atoms with van der Waals surface area (Å²) in [6.45, 7) is 5.24. The molecule has 2 heteroatoms. The molecule has 123 valence electrons. The number of hydrogen-bond acceptors (Lipinski definition) is 2. The van der Waals surface area contributed by atoms with Crippen molar-refractivity contribution in [3.63, 3.8) is 0 Å². The Morgan fingerprint density at radius 1 is 0.652 bits per heavy atom. The number of rotatable bonds is 11. The predicted molar refractivity (Wildman–Crippen MR) is 95.8 cm³/mol. The first-order valence-electron chi connectivity index (χ1n) is 8.57. The lowest BCUT2D eigenvalue weighted by Gasteiger charge is -2.09. The molecule has 2 nitrogen and oxygen atoms in total. The highest BCUT2D eigenvalue weighted by molar-refractivity contribution is 5.31. The van der Waals surface area contributed by atoms with E-state index in [1.165, 1.54) is 31.2 Å². The van der Waals surface area contributed by atoms with Crippen LogP contribution in [0.2, 0.25) is 0 Å². The van der Waals surface area contributed by atoms with Gasteiger partial charge >= 0.3 is 0 Å². The van der Waals surface area contributed by atoms with Gasteiger partial charge in [0.1, 0.15) is 18.1 Å². The van der Waals surface area contributed by atoms with Gasteiger partial charge in [0.15, 0.2) is 0 Å². The van der Waals surface area contributed by atoms with Gasteiger partial charge in [-0.3, -0.25) is 0 Å². The standard InChI is InChI=1S/C21H27O2/c1-2-3-4-5-6-10-17-22-20-13-15-21(16-14-20)23-18-19-11-8-7-9-12-19/h7-9,11-16H,1-6,10,17-18H2. The van der Waals surface area contributed by atoms with E-state index < -0.39 is 0 Å². The maximum Gasteiger partial charge on any atom is 0.120 e. The Morgan fingerprint density at radius 3 is 1.96 bits per heavy atom. The SMILES string of the molecule is [CH2]CCCCCCCOc1ccc(OCc2ccccc2)cc1. The summed E-state index contributed by atoms with van der Waals surface area (Å²) in [5.41, 5.74) is 1.17. The summed E-state index contributed by atoms with van der Waals surface area (Å²) in [6.07, 6.45) is 7.21. The van der Waals surface area contributed by atoms with E-state index in [1.807, 2.05) is 42.5 Å². The summed E-state index contributed by atoms with van der Waals surface area (Å²) in [6, 6.07) is 18.1. The van der Waals surface area contributed by atoms with E-state index in [-0.39, 0.29) is 0 Å². The van der Waals surface area contributed by atoms with Gasteiger partial charge in [0, 0.05) is 0 Å². The van der Waals surface area contributed by atoms with Crippen LogP contribution in [0, 0.1) is 6.92 Å². The van der Waals surface area contributed by atoms with E-state index in [0.29, 0.717) is 6.61 Å². The summed E-state index contributed by atoms with van der Waals surface area (Å²) in [7, 11) is 0. The molecule has 0 aliphatic heterocycles. The summed E-state index contributed by atoms with van der Waals surface area (Å²) in [4.78, 5) is 0. The van der Waals surface area contributed by atoms with Crippen LogP contribution in [0.3, 0.4) is 0 Å². The molecule has 0 aliphatic carbocycles. The molecular weight excluding hydrogens is 284 g/mol. The third-order valence-corrected chi connectivity index (χ3v) is 3.74. The second-order valence-electron chi connectivity index (χ2n) is 5.72. The zero-order valence-electron chi connectivity index (χ0n) is 13.9. The quantitative estimate of drug-likeness (QED) is 0.487. The summed E-state index contributed by atoms with van der Waals surface area (Å²) in [5.74, 6) is 1.78. The summed E-state index contributed by atoms with van der Waals surface area (Å²) in [5, 5.41) is 0. The fraction of sp³-hybridized carbons (Fsp3) is 0.381. The first kappa shape index (κ1) is 17.4. The maximum absolute atomic E-state index is 5.77. The van der Waals surface area contributed by atoms with E-state index >= 15 is 0 Å². The monoisotopic (exact) mass is 311 g/mol. The van der Waals surface area contributed by atoms with Gasteiger partial charge in [0.05, 0.1) is 6.61 Å². The fourth-order valence-corrected chi connectivity index (χ4v) is 2.37. The Balaban J connectivity index is 1.62.